The summed E-state index contributed by atoms with van der Waals surface area (Å²) in [5.41, 5.74) is 1.96. The van der Waals surface area contributed by atoms with Gasteiger partial charge in [0, 0.05) is 43.5 Å². The molecule has 3 aromatic rings. The molecule has 0 aliphatic carbocycles. The molecule has 6 nitrogen and oxygen atoms in total. The van der Waals surface area contributed by atoms with Gasteiger partial charge in [-0.25, -0.2) is 0 Å². The van der Waals surface area contributed by atoms with Crippen LogP contribution in [0.3, 0.4) is 0 Å². The highest BCUT2D eigenvalue weighted by Crippen LogP contribution is 2.35. The Morgan fingerprint density at radius 2 is 2.11 bits per heavy atom. The van der Waals surface area contributed by atoms with Crippen LogP contribution in [0.2, 0.25) is 0 Å². The topological polar surface area (TPSA) is 67.2 Å². The lowest BCUT2D eigenvalue weighted by Crippen LogP contribution is -2.48. The second kappa shape index (κ2) is 6.20. The molecule has 0 spiro atoms. The van der Waals surface area contributed by atoms with Gasteiger partial charge in [-0.3, -0.25) is 14.3 Å². The van der Waals surface area contributed by atoms with E-state index >= 15 is 0 Å². The van der Waals surface area contributed by atoms with Crippen molar-refractivity contribution in [3.63, 3.8) is 0 Å². The number of rotatable bonds is 2. The van der Waals surface area contributed by atoms with E-state index in [1.165, 1.54) is 11.3 Å². The van der Waals surface area contributed by atoms with Gasteiger partial charge in [-0.05, 0) is 18.4 Å². The van der Waals surface area contributed by atoms with Gasteiger partial charge >= 0.3 is 0 Å². The van der Waals surface area contributed by atoms with Crippen LogP contribution in [-0.4, -0.2) is 45.6 Å². The SMILES string of the molecule is Cn1nc(-c2ccccc2)c2cc(C(=O)N3CC[C@@H]4CC(=O)N[C@@H]4C3)sc21. The predicted molar refractivity (Wildman–Crippen MR) is 105 cm³/mol. The Hall–Kier alpha value is -2.67. The zero-order chi connectivity index (χ0) is 18.5. The van der Waals surface area contributed by atoms with Crippen LogP contribution in [-0.2, 0) is 11.8 Å². The molecule has 2 amide bonds. The van der Waals surface area contributed by atoms with Crippen molar-refractivity contribution in [2.75, 3.05) is 13.1 Å². The number of likely N-dealkylation sites (tertiary alicyclic amines) is 1. The molecule has 2 aromatic heterocycles. The molecule has 2 atom stereocenters. The quantitative estimate of drug-likeness (QED) is 0.743. The maximum atomic E-state index is 13.1. The van der Waals surface area contributed by atoms with Crippen LogP contribution < -0.4 is 5.32 Å². The summed E-state index contributed by atoms with van der Waals surface area (Å²) < 4.78 is 1.85. The summed E-state index contributed by atoms with van der Waals surface area (Å²) in [5, 5.41) is 8.66. The number of hydrogen-bond acceptors (Lipinski definition) is 4. The minimum atomic E-state index is 0.0508. The van der Waals surface area contributed by atoms with Crippen LogP contribution in [0.25, 0.3) is 21.5 Å². The third-order valence-electron chi connectivity index (χ3n) is 5.61. The monoisotopic (exact) mass is 380 g/mol. The minimum Gasteiger partial charge on any atom is -0.351 e. The van der Waals surface area contributed by atoms with Crippen molar-refractivity contribution in [1.82, 2.24) is 20.0 Å². The fraction of sp³-hybridized carbons (Fsp3) is 0.350. The molecular formula is C20H20N4O2S. The smallest absolute Gasteiger partial charge is 0.264 e. The summed E-state index contributed by atoms with van der Waals surface area (Å²) in [5.74, 6) is 0.535. The summed E-state index contributed by atoms with van der Waals surface area (Å²) in [6.45, 7) is 1.32. The third kappa shape index (κ3) is 2.73. The molecule has 0 saturated carbocycles. The van der Waals surface area contributed by atoms with Crippen LogP contribution >= 0.6 is 11.3 Å². The standard InChI is InChI=1S/C20H20N4O2S/c1-23-20-14(18(22-23)12-5-3-2-4-6-12)10-16(27-20)19(26)24-8-7-13-9-17(25)21-15(13)11-24/h2-6,10,13,15H,7-9,11H2,1H3,(H,21,25)/t13-,15-/m1/s1. The number of benzene rings is 1. The van der Waals surface area contributed by atoms with Gasteiger partial charge in [0.05, 0.1) is 4.88 Å². The summed E-state index contributed by atoms with van der Waals surface area (Å²) in [7, 11) is 1.92. The molecule has 27 heavy (non-hydrogen) atoms. The lowest BCUT2D eigenvalue weighted by molar-refractivity contribution is -0.119. The summed E-state index contributed by atoms with van der Waals surface area (Å²) in [6, 6.07) is 12.1. The van der Waals surface area contributed by atoms with Crippen LogP contribution in [0.1, 0.15) is 22.5 Å². The number of nitrogens with zero attached hydrogens (tertiary/aromatic N) is 3. The number of nitrogens with one attached hydrogen (secondary N) is 1. The first-order valence-electron chi connectivity index (χ1n) is 9.21. The Labute approximate surface area is 160 Å². The summed E-state index contributed by atoms with van der Waals surface area (Å²) >= 11 is 1.49. The number of piperidine rings is 1. The van der Waals surface area contributed by atoms with Crippen LogP contribution in [0.15, 0.2) is 36.4 Å². The van der Waals surface area contributed by atoms with Gasteiger partial charge in [0.15, 0.2) is 0 Å². The number of aryl methyl sites for hydroxylation is 1. The maximum absolute atomic E-state index is 13.1. The number of amides is 2. The van der Waals surface area contributed by atoms with Gasteiger partial charge in [0.25, 0.3) is 5.91 Å². The van der Waals surface area contributed by atoms with Crippen molar-refractivity contribution in [2.45, 2.75) is 18.9 Å². The second-order valence-electron chi connectivity index (χ2n) is 7.35. The summed E-state index contributed by atoms with van der Waals surface area (Å²) in [6.07, 6.45) is 1.48. The lowest BCUT2D eigenvalue weighted by Gasteiger charge is -2.34. The lowest BCUT2D eigenvalue weighted by atomic mass is 9.92. The van der Waals surface area contributed by atoms with Crippen molar-refractivity contribution in [3.05, 3.63) is 41.3 Å². The van der Waals surface area contributed by atoms with E-state index in [0.29, 0.717) is 25.4 Å². The molecule has 0 bridgehead atoms. The van der Waals surface area contributed by atoms with E-state index in [0.717, 1.165) is 32.8 Å². The van der Waals surface area contributed by atoms with Gasteiger partial charge in [-0.2, -0.15) is 5.10 Å². The molecule has 7 heteroatoms. The average Bonchev–Trinajstić information content (AvgIpc) is 3.35. The Morgan fingerprint density at radius 1 is 1.30 bits per heavy atom. The maximum Gasteiger partial charge on any atom is 0.264 e. The molecular weight excluding hydrogens is 360 g/mol. The van der Waals surface area contributed by atoms with E-state index in [1.54, 1.807) is 0 Å². The molecule has 5 rings (SSSR count). The van der Waals surface area contributed by atoms with Gasteiger partial charge < -0.3 is 10.2 Å². The molecule has 4 heterocycles. The average molecular weight is 380 g/mol. The number of thiophene rings is 1. The largest absolute Gasteiger partial charge is 0.351 e. The third-order valence-corrected chi connectivity index (χ3v) is 6.80. The molecule has 2 saturated heterocycles. The van der Waals surface area contributed by atoms with E-state index in [1.807, 2.05) is 53.0 Å². The highest BCUT2D eigenvalue weighted by Gasteiger charge is 2.38. The first-order valence-corrected chi connectivity index (χ1v) is 10.0. The molecule has 2 fully saturated rings. The van der Waals surface area contributed by atoms with Crippen molar-refractivity contribution >= 4 is 33.4 Å². The normalized spacial score (nSPS) is 22.1. The first kappa shape index (κ1) is 16.5. The fourth-order valence-electron chi connectivity index (χ4n) is 4.21. The van der Waals surface area contributed by atoms with E-state index in [-0.39, 0.29) is 17.9 Å². The zero-order valence-corrected chi connectivity index (χ0v) is 15.8. The van der Waals surface area contributed by atoms with Crippen molar-refractivity contribution < 1.29 is 9.59 Å². The van der Waals surface area contributed by atoms with E-state index in [2.05, 4.69) is 10.4 Å². The molecule has 2 aliphatic rings. The van der Waals surface area contributed by atoms with Crippen molar-refractivity contribution in [1.29, 1.82) is 0 Å². The Kier molecular flexibility index (Phi) is 3.79. The molecule has 0 unspecified atom stereocenters. The van der Waals surface area contributed by atoms with E-state index in [4.69, 9.17) is 0 Å². The number of carbonyl (C=O) groups is 2. The molecule has 0 radical (unpaired) electrons. The molecule has 1 N–H and O–H groups in total. The number of aromatic nitrogens is 2. The Bertz CT molecular complexity index is 1040. The van der Waals surface area contributed by atoms with Gasteiger partial charge in [-0.1, -0.05) is 30.3 Å². The Morgan fingerprint density at radius 3 is 2.93 bits per heavy atom. The van der Waals surface area contributed by atoms with Crippen LogP contribution in [0, 0.1) is 5.92 Å². The highest BCUT2D eigenvalue weighted by atomic mass is 32.1. The van der Waals surface area contributed by atoms with Gasteiger partial charge in [-0.15, -0.1) is 11.3 Å². The summed E-state index contributed by atoms with van der Waals surface area (Å²) in [4.78, 5) is 28.3. The van der Waals surface area contributed by atoms with Crippen molar-refractivity contribution in [3.8, 4) is 11.3 Å². The highest BCUT2D eigenvalue weighted by molar-refractivity contribution is 7.20. The zero-order valence-electron chi connectivity index (χ0n) is 15.0. The minimum absolute atomic E-state index is 0.0508. The van der Waals surface area contributed by atoms with Crippen molar-refractivity contribution in [2.24, 2.45) is 13.0 Å². The molecule has 2 aliphatic heterocycles. The van der Waals surface area contributed by atoms with E-state index < -0.39 is 0 Å². The van der Waals surface area contributed by atoms with Crippen LogP contribution in [0.4, 0.5) is 0 Å². The molecule has 1 aromatic carbocycles. The van der Waals surface area contributed by atoms with Gasteiger partial charge in [0.1, 0.15) is 10.5 Å². The Balaban J connectivity index is 1.45. The first-order chi connectivity index (χ1) is 13.1. The number of fused-ring (bicyclic) bond motifs is 2. The van der Waals surface area contributed by atoms with Crippen LogP contribution in [0.5, 0.6) is 0 Å². The second-order valence-corrected chi connectivity index (χ2v) is 8.38. The predicted octanol–water partition coefficient (Wildman–Crippen LogP) is 2.65. The van der Waals surface area contributed by atoms with Gasteiger partial charge in [0.2, 0.25) is 5.91 Å². The number of hydrogen-bond donors (Lipinski definition) is 1. The fourth-order valence-corrected chi connectivity index (χ4v) is 5.25. The number of carbonyl (C=O) groups excluding carboxylic acids is 2. The molecule has 138 valence electrons. The van der Waals surface area contributed by atoms with E-state index in [9.17, 15) is 9.59 Å².